The number of amides is 2. The Morgan fingerprint density at radius 1 is 0.491 bits per heavy atom. The fourth-order valence-corrected chi connectivity index (χ4v) is 14.4. The normalized spacial score (nSPS) is 17.5. The predicted molar refractivity (Wildman–Crippen MR) is 438 cm³/mol. The highest BCUT2D eigenvalue weighted by Crippen LogP contribution is 2.39. The van der Waals surface area contributed by atoms with Crippen LogP contribution in [-0.2, 0) is 78.4 Å². The number of para-hydroxylation sites is 3. The van der Waals surface area contributed by atoms with Gasteiger partial charge in [-0.1, -0.05) is 218 Å². The molecule has 14 rings (SSSR count). The van der Waals surface area contributed by atoms with Crippen LogP contribution < -0.4 is 25.9 Å². The number of nitrogens with zero attached hydrogens (tertiary/aromatic N) is 4. The first-order chi connectivity index (χ1) is 55.5. The average Bonchev–Trinajstić information content (AvgIpc) is 1.67. The van der Waals surface area contributed by atoms with Crippen molar-refractivity contribution in [3.8, 4) is 0 Å². The Balaban J connectivity index is 0.000000156. The van der Waals surface area contributed by atoms with Gasteiger partial charge in [-0.05, 0) is 185 Å². The highest BCUT2D eigenvalue weighted by Gasteiger charge is 2.41. The number of aryl methyl sites for hydroxylation is 4. The molecule has 9 aromatic carbocycles. The lowest BCUT2D eigenvalue weighted by molar-refractivity contribution is -0.187. The molecular weight excluding hydrogens is 1440 g/mol. The van der Waals surface area contributed by atoms with Crippen molar-refractivity contribution in [2.45, 2.75) is 139 Å². The molecule has 5 aliphatic rings. The molecule has 2 saturated heterocycles. The maximum absolute atomic E-state index is 13.3. The summed E-state index contributed by atoms with van der Waals surface area (Å²) in [6, 6.07) is 78.9. The third-order valence-electron chi connectivity index (χ3n) is 20.1. The number of carbonyl (C=O) groups is 8. The maximum Gasteiger partial charge on any atom is 0.386 e. The van der Waals surface area contributed by atoms with Crippen LogP contribution in [0.15, 0.2) is 266 Å². The lowest BCUT2D eigenvalue weighted by Gasteiger charge is -2.38. The molecule has 0 saturated carbocycles. The Kier molecular flexibility index (Phi) is 32.6. The van der Waals surface area contributed by atoms with Gasteiger partial charge in [0.15, 0.2) is 0 Å². The van der Waals surface area contributed by atoms with Gasteiger partial charge in [-0.3, -0.25) is 54.6 Å². The molecule has 592 valence electrons. The Bertz CT molecular complexity index is 4380. The van der Waals surface area contributed by atoms with Gasteiger partial charge in [0.05, 0.1) is 48.2 Å². The monoisotopic (exact) mass is 1540 g/mol. The van der Waals surface area contributed by atoms with Crippen LogP contribution in [-0.4, -0.2) is 145 Å². The van der Waals surface area contributed by atoms with Gasteiger partial charge in [0.25, 0.3) is 0 Å². The number of carboxylic acids is 2. The van der Waals surface area contributed by atoms with Crippen LogP contribution in [0.3, 0.4) is 0 Å². The lowest BCUT2D eigenvalue weighted by Crippen LogP contribution is -2.53. The minimum absolute atomic E-state index is 0.0465. The minimum atomic E-state index is -1.09. The van der Waals surface area contributed by atoms with E-state index in [0.717, 1.165) is 27.9 Å². The topological polar surface area (TPSA) is 281 Å². The van der Waals surface area contributed by atoms with Crippen molar-refractivity contribution < 1.29 is 72.6 Å². The van der Waals surface area contributed by atoms with Crippen LogP contribution in [0.5, 0.6) is 0 Å². The Hall–Kier alpha value is -12.2. The van der Waals surface area contributed by atoms with Gasteiger partial charge in [0.2, 0.25) is 11.8 Å². The summed E-state index contributed by atoms with van der Waals surface area (Å²) < 4.78 is 17.1. The molecule has 22 heteroatoms. The maximum atomic E-state index is 13.3. The Morgan fingerprint density at radius 2 is 0.877 bits per heavy atom. The number of hydrazone groups is 1. The molecule has 2 fully saturated rings. The molecule has 114 heavy (non-hydrogen) atoms. The van der Waals surface area contributed by atoms with Crippen LogP contribution >= 0.6 is 0 Å². The number of fused-ring (bicyclic) bond motifs is 5. The van der Waals surface area contributed by atoms with E-state index in [1.54, 1.807) is 105 Å². The second kappa shape index (κ2) is 44.1. The average molecular weight is 1540 g/mol. The van der Waals surface area contributed by atoms with Gasteiger partial charge in [-0.15, -0.1) is 0 Å². The SMILES string of the molecule is C1=Cc2ccccc2NN=C1.CCOC(=O)[C@H](CCc1ccccc1)N[C@H]1CCc2ccccc2N(CC(=O)O)C1=O.CCOC(=O)[C@H](CCc1ccccc1)N[C@H]1CCc2ccccc2N(CC(=O)O)C1=O.CN1[C@@H]2CC[C@H]1CC(OC(c1ccccc1)c1ccccc1)C2.O=C(OOC(=O)c1ccccc1)c1ccccc1. The molecule has 0 radical (unpaired) electrons. The van der Waals surface area contributed by atoms with Crippen molar-refractivity contribution in [2.24, 2.45) is 5.10 Å². The third-order valence-corrected chi connectivity index (χ3v) is 20.1. The van der Waals surface area contributed by atoms with Crippen LogP contribution in [0.1, 0.15) is 131 Å². The third kappa shape index (κ3) is 25.1. The van der Waals surface area contributed by atoms with Gasteiger partial charge in [-0.2, -0.15) is 5.10 Å². The van der Waals surface area contributed by atoms with Crippen LogP contribution in [0.25, 0.3) is 6.08 Å². The summed E-state index contributed by atoms with van der Waals surface area (Å²) in [5, 5.41) is 29.0. The zero-order chi connectivity index (χ0) is 80.4. The number of hydrogen-bond donors (Lipinski definition) is 5. The molecule has 22 nitrogen and oxygen atoms in total. The summed E-state index contributed by atoms with van der Waals surface area (Å²) in [5.74, 6) is -5.09. The number of nitrogens with one attached hydrogen (secondary N) is 3. The number of esters is 2. The highest BCUT2D eigenvalue weighted by molar-refractivity contribution is 6.03. The summed E-state index contributed by atoms with van der Waals surface area (Å²) in [7, 11) is 2.28. The number of allylic oxidation sites excluding steroid dienone is 1. The van der Waals surface area contributed by atoms with Gasteiger partial charge in [-0.25, -0.2) is 19.4 Å². The molecule has 0 aliphatic carbocycles. The molecule has 5 heterocycles. The van der Waals surface area contributed by atoms with Crippen molar-refractivity contribution in [3.05, 3.63) is 311 Å². The van der Waals surface area contributed by atoms with Crippen molar-refractivity contribution >= 4 is 77.0 Å². The summed E-state index contributed by atoms with van der Waals surface area (Å²) in [5.41, 5.74) is 13.5. The number of rotatable bonds is 24. The summed E-state index contributed by atoms with van der Waals surface area (Å²) >= 11 is 0. The first-order valence-electron chi connectivity index (χ1n) is 38.7. The molecule has 5 aliphatic heterocycles. The van der Waals surface area contributed by atoms with Gasteiger partial charge < -0.3 is 29.3 Å². The van der Waals surface area contributed by atoms with Gasteiger partial charge in [0.1, 0.15) is 31.3 Å². The van der Waals surface area contributed by atoms with E-state index in [1.165, 1.54) is 52.2 Å². The van der Waals surface area contributed by atoms with E-state index in [0.29, 0.717) is 92.1 Å². The molecule has 9 aromatic rings. The second-order valence-electron chi connectivity index (χ2n) is 27.9. The standard InChI is InChI=1S/2C24H28N2O5.C21H25NO.C14H10O4.C9H8N2/c2*1-2-31-24(30)20(14-12-17-8-4-3-5-9-17)25-19-15-13-18-10-6-7-11-21(18)26(23(19)29)16-22(27)28;1-22-18-12-13-19(22)15-20(14-18)23-21(16-8-4-2-5-9-16)17-10-6-3-7-11-17;15-13(11-7-3-1-4-8-11)17-18-14(16)12-9-5-2-6-10-12;1-2-6-9-8(4-1)5-3-7-10-11-9/h2*3-11,19-20,25H,2,12-16H2,1H3,(H,27,28);2-11,18-21H,12-15H2,1H3;1-10H;1-7,11H/t2*19-,20-;18-,19+,20?;;/m00.../s1. The van der Waals surface area contributed by atoms with E-state index in [1.807, 2.05) is 121 Å². The van der Waals surface area contributed by atoms with Gasteiger partial charge in [0, 0.05) is 29.7 Å². The summed E-state index contributed by atoms with van der Waals surface area (Å²) in [6.45, 7) is 3.13. The zero-order valence-corrected chi connectivity index (χ0v) is 64.4. The molecule has 5 N–H and O–H groups in total. The fraction of sp³-hybridized carbons (Fsp3) is 0.293. The number of anilines is 3. The Morgan fingerprint density at radius 3 is 1.30 bits per heavy atom. The molecule has 2 bridgehead atoms. The van der Waals surface area contributed by atoms with Crippen LogP contribution in [0.4, 0.5) is 17.1 Å². The first-order valence-corrected chi connectivity index (χ1v) is 38.7. The fourth-order valence-electron chi connectivity index (χ4n) is 14.4. The quantitative estimate of drug-likeness (QED) is 0.0213. The molecule has 0 aromatic heterocycles. The van der Waals surface area contributed by atoms with Crippen LogP contribution in [0, 0.1) is 0 Å². The van der Waals surface area contributed by atoms with Gasteiger partial charge >= 0.3 is 35.8 Å². The minimum Gasteiger partial charge on any atom is -0.480 e. The van der Waals surface area contributed by atoms with E-state index < -0.39 is 73.1 Å². The van der Waals surface area contributed by atoms with E-state index in [9.17, 15) is 48.6 Å². The second-order valence-corrected chi connectivity index (χ2v) is 27.9. The van der Waals surface area contributed by atoms with Crippen molar-refractivity contribution in [1.82, 2.24) is 15.5 Å². The van der Waals surface area contributed by atoms with Crippen LogP contribution in [0.2, 0.25) is 0 Å². The molecule has 1 unspecified atom stereocenters. The Labute approximate surface area is 665 Å². The number of hydrogen-bond acceptors (Lipinski definition) is 18. The largest absolute Gasteiger partial charge is 0.480 e. The molecule has 7 atom stereocenters. The smallest absolute Gasteiger partial charge is 0.386 e. The highest BCUT2D eigenvalue weighted by atomic mass is 17.2. The lowest BCUT2D eigenvalue weighted by atomic mass is 9.97. The van der Waals surface area contributed by atoms with E-state index >= 15 is 0 Å². The number of piperidine rings is 1. The van der Waals surface area contributed by atoms with E-state index in [4.69, 9.17) is 14.2 Å². The molecule has 0 spiro atoms. The number of carboxylic acid groups (broad SMARTS) is 2. The summed E-state index contributed by atoms with van der Waals surface area (Å²) in [6.07, 6.45) is 15.5. The zero-order valence-electron chi connectivity index (χ0n) is 64.4. The molecule has 2 amide bonds. The van der Waals surface area contributed by atoms with Crippen molar-refractivity contribution in [3.63, 3.8) is 0 Å². The van der Waals surface area contributed by atoms with Crippen molar-refractivity contribution in [2.75, 3.05) is 48.6 Å². The first kappa shape index (κ1) is 84.2. The number of aliphatic carboxylic acids is 2. The number of carbonyl (C=O) groups excluding carboxylic acids is 6. The molecular formula is C92H99N7O15. The predicted octanol–water partition coefficient (Wildman–Crippen LogP) is 14.3. The van der Waals surface area contributed by atoms with Crippen molar-refractivity contribution in [1.29, 1.82) is 0 Å². The number of benzene rings is 9. The van der Waals surface area contributed by atoms with E-state index in [-0.39, 0.29) is 31.1 Å². The summed E-state index contributed by atoms with van der Waals surface area (Å²) in [4.78, 5) is 112. The number of ether oxygens (including phenoxy) is 3. The van der Waals surface area contributed by atoms with E-state index in [2.05, 4.69) is 104 Å².